The number of methoxy groups -OCH3 is 1. The molecular weight excluding hydrogens is 439 g/mol. The molecule has 3 amide bonds. The molecule has 0 aliphatic heterocycles. The van der Waals surface area contributed by atoms with Crippen molar-refractivity contribution in [2.75, 3.05) is 32.1 Å². The van der Waals surface area contributed by atoms with Gasteiger partial charge in [0.15, 0.2) is 0 Å². The van der Waals surface area contributed by atoms with Gasteiger partial charge in [0.25, 0.3) is 5.91 Å². The van der Waals surface area contributed by atoms with Gasteiger partial charge in [-0.25, -0.2) is 0 Å². The monoisotopic (exact) mass is 465 g/mol. The number of nitrogens with zero attached hydrogens (tertiary/aromatic N) is 1. The van der Waals surface area contributed by atoms with E-state index in [0.29, 0.717) is 17.9 Å². The van der Waals surface area contributed by atoms with Gasteiger partial charge in [-0.15, -0.1) is 0 Å². The Morgan fingerprint density at radius 1 is 0.970 bits per heavy atom. The maximum absolute atomic E-state index is 12.8. The van der Waals surface area contributed by atoms with Gasteiger partial charge in [0.2, 0.25) is 11.8 Å². The third kappa shape index (κ3) is 8.13. The molecule has 0 atom stereocenters. The molecule has 0 bridgehead atoms. The molecule has 178 valence electrons. The second kappa shape index (κ2) is 11.9. The smallest absolute Gasteiger partial charge is 0.416 e. The topological polar surface area (TPSA) is 87.7 Å². The Bertz CT molecular complexity index is 945. The van der Waals surface area contributed by atoms with E-state index in [1.54, 1.807) is 24.3 Å². The van der Waals surface area contributed by atoms with Gasteiger partial charge in [0, 0.05) is 17.8 Å². The van der Waals surface area contributed by atoms with Gasteiger partial charge < -0.3 is 20.3 Å². The number of carbonyl (C=O) groups is 3. The van der Waals surface area contributed by atoms with Crippen molar-refractivity contribution in [3.05, 3.63) is 59.7 Å². The van der Waals surface area contributed by atoms with Gasteiger partial charge in [-0.1, -0.05) is 13.3 Å². The molecule has 2 aromatic carbocycles. The number of anilines is 1. The second-order valence-corrected chi connectivity index (χ2v) is 7.21. The van der Waals surface area contributed by atoms with Crippen LogP contribution in [0.25, 0.3) is 0 Å². The van der Waals surface area contributed by atoms with Crippen LogP contribution in [0.3, 0.4) is 0 Å². The van der Waals surface area contributed by atoms with Crippen LogP contribution in [0.5, 0.6) is 5.75 Å². The lowest BCUT2D eigenvalue weighted by Gasteiger charge is -2.22. The highest BCUT2D eigenvalue weighted by molar-refractivity contribution is 5.98. The maximum atomic E-state index is 12.8. The molecule has 0 fully saturated rings. The molecule has 0 saturated heterocycles. The molecule has 2 N–H and O–H groups in total. The first kappa shape index (κ1) is 25.7. The number of halogens is 3. The average Bonchev–Trinajstić information content (AvgIpc) is 2.80. The van der Waals surface area contributed by atoms with Gasteiger partial charge in [-0.3, -0.25) is 14.4 Å². The van der Waals surface area contributed by atoms with E-state index in [2.05, 4.69) is 10.6 Å². The van der Waals surface area contributed by atoms with Crippen molar-refractivity contribution in [3.63, 3.8) is 0 Å². The van der Waals surface area contributed by atoms with Crippen LogP contribution in [0.4, 0.5) is 18.9 Å². The summed E-state index contributed by atoms with van der Waals surface area (Å²) in [5, 5.41) is 5.07. The Morgan fingerprint density at radius 3 is 2.15 bits per heavy atom. The standard InChI is InChI=1S/C23H26F3N3O4/c1-3-4-13-29(22(32)16-5-7-17(8-6-16)23(24,25)26)15-21(31)27-14-20(30)28-18-9-11-19(33-2)12-10-18/h5-12H,3-4,13-15H2,1-2H3,(H,27,31)(H,28,30). The highest BCUT2D eigenvalue weighted by Crippen LogP contribution is 2.29. The number of rotatable bonds is 10. The molecule has 0 radical (unpaired) electrons. The van der Waals surface area contributed by atoms with E-state index in [4.69, 9.17) is 4.74 Å². The summed E-state index contributed by atoms with van der Waals surface area (Å²) in [5.41, 5.74) is -0.291. The van der Waals surface area contributed by atoms with Gasteiger partial charge in [-0.05, 0) is 55.0 Å². The fourth-order valence-corrected chi connectivity index (χ4v) is 2.87. The molecule has 0 spiro atoms. The molecule has 0 heterocycles. The summed E-state index contributed by atoms with van der Waals surface area (Å²) in [6.45, 7) is 1.53. The normalized spacial score (nSPS) is 10.9. The van der Waals surface area contributed by atoms with Crippen molar-refractivity contribution >= 4 is 23.4 Å². The lowest BCUT2D eigenvalue weighted by Crippen LogP contribution is -2.43. The van der Waals surface area contributed by atoms with Crippen molar-refractivity contribution in [3.8, 4) is 5.75 Å². The molecule has 0 saturated carbocycles. The molecular formula is C23H26F3N3O4. The Kier molecular flexibility index (Phi) is 9.26. The van der Waals surface area contributed by atoms with Crippen molar-refractivity contribution < 1.29 is 32.3 Å². The molecule has 0 aliphatic rings. The number of nitrogens with one attached hydrogen (secondary N) is 2. The number of benzene rings is 2. The number of carbonyl (C=O) groups excluding carboxylic acids is 3. The summed E-state index contributed by atoms with van der Waals surface area (Å²) >= 11 is 0. The van der Waals surface area contributed by atoms with Gasteiger partial charge in [0.05, 0.1) is 25.8 Å². The van der Waals surface area contributed by atoms with Gasteiger partial charge >= 0.3 is 6.18 Å². The van der Waals surface area contributed by atoms with Crippen LogP contribution in [0.2, 0.25) is 0 Å². The molecule has 0 aromatic heterocycles. The van der Waals surface area contributed by atoms with E-state index in [0.717, 1.165) is 30.7 Å². The summed E-state index contributed by atoms with van der Waals surface area (Å²) in [5.74, 6) is -0.944. The van der Waals surface area contributed by atoms with E-state index in [9.17, 15) is 27.6 Å². The minimum atomic E-state index is -4.50. The molecule has 2 rings (SSSR count). The second-order valence-electron chi connectivity index (χ2n) is 7.21. The number of unbranched alkanes of at least 4 members (excludes halogenated alkanes) is 1. The van der Waals surface area contributed by atoms with E-state index in [-0.39, 0.29) is 25.2 Å². The third-order valence-corrected chi connectivity index (χ3v) is 4.68. The van der Waals surface area contributed by atoms with Crippen molar-refractivity contribution in [1.29, 1.82) is 0 Å². The minimum absolute atomic E-state index is 0.0455. The third-order valence-electron chi connectivity index (χ3n) is 4.68. The van der Waals surface area contributed by atoms with Crippen LogP contribution in [0, 0.1) is 0 Å². The molecule has 10 heteroatoms. The highest BCUT2D eigenvalue weighted by Gasteiger charge is 2.30. The van der Waals surface area contributed by atoms with Crippen molar-refractivity contribution in [2.45, 2.75) is 25.9 Å². The number of hydrogen-bond donors (Lipinski definition) is 2. The van der Waals surface area contributed by atoms with E-state index >= 15 is 0 Å². The lowest BCUT2D eigenvalue weighted by molar-refractivity contribution is -0.137. The summed E-state index contributed by atoms with van der Waals surface area (Å²) in [7, 11) is 1.52. The van der Waals surface area contributed by atoms with Crippen LogP contribution in [0.15, 0.2) is 48.5 Å². The highest BCUT2D eigenvalue weighted by atomic mass is 19.4. The molecule has 0 aliphatic carbocycles. The number of alkyl halides is 3. The molecule has 7 nitrogen and oxygen atoms in total. The quantitative estimate of drug-likeness (QED) is 0.560. The number of ether oxygens (including phenoxy) is 1. The lowest BCUT2D eigenvalue weighted by atomic mass is 10.1. The van der Waals surface area contributed by atoms with Crippen LogP contribution < -0.4 is 15.4 Å². The van der Waals surface area contributed by atoms with Gasteiger partial charge in [0.1, 0.15) is 5.75 Å². The van der Waals surface area contributed by atoms with Crippen molar-refractivity contribution in [1.82, 2.24) is 10.2 Å². The van der Waals surface area contributed by atoms with Crippen LogP contribution in [0.1, 0.15) is 35.7 Å². The van der Waals surface area contributed by atoms with Crippen LogP contribution in [-0.2, 0) is 15.8 Å². The summed E-state index contributed by atoms with van der Waals surface area (Å²) < 4.78 is 43.3. The SMILES string of the molecule is CCCCN(CC(=O)NCC(=O)Nc1ccc(OC)cc1)C(=O)c1ccc(C(F)(F)F)cc1. The Balaban J connectivity index is 1.94. The maximum Gasteiger partial charge on any atom is 0.416 e. The van der Waals surface area contributed by atoms with Gasteiger partial charge in [-0.2, -0.15) is 13.2 Å². The first-order valence-corrected chi connectivity index (χ1v) is 10.3. The van der Waals surface area contributed by atoms with E-state index < -0.39 is 29.5 Å². The minimum Gasteiger partial charge on any atom is -0.497 e. The average molecular weight is 465 g/mol. The summed E-state index contributed by atoms with van der Waals surface area (Å²) in [6, 6.07) is 10.5. The molecule has 0 unspecified atom stereocenters. The zero-order valence-corrected chi connectivity index (χ0v) is 18.4. The van der Waals surface area contributed by atoms with Crippen LogP contribution >= 0.6 is 0 Å². The zero-order valence-electron chi connectivity index (χ0n) is 18.4. The largest absolute Gasteiger partial charge is 0.497 e. The Labute approximate surface area is 189 Å². The summed E-state index contributed by atoms with van der Waals surface area (Å²) in [6.07, 6.45) is -3.14. The predicted octanol–water partition coefficient (Wildman–Crippen LogP) is 3.71. The first-order chi connectivity index (χ1) is 15.6. The van der Waals surface area contributed by atoms with Crippen molar-refractivity contribution in [2.24, 2.45) is 0 Å². The Hall–Kier alpha value is -3.56. The number of amides is 3. The van der Waals surface area contributed by atoms with E-state index in [1.807, 2.05) is 6.92 Å². The Morgan fingerprint density at radius 2 is 1.61 bits per heavy atom. The fourth-order valence-electron chi connectivity index (χ4n) is 2.87. The fraction of sp³-hybridized carbons (Fsp3) is 0.348. The summed E-state index contributed by atoms with van der Waals surface area (Å²) in [4.78, 5) is 38.4. The first-order valence-electron chi connectivity index (χ1n) is 10.3. The van der Waals surface area contributed by atoms with Crippen LogP contribution in [-0.4, -0.2) is 49.4 Å². The van der Waals surface area contributed by atoms with E-state index in [1.165, 1.54) is 12.0 Å². The number of hydrogen-bond acceptors (Lipinski definition) is 4. The predicted molar refractivity (Wildman–Crippen MR) is 117 cm³/mol. The zero-order chi connectivity index (χ0) is 24.4. The molecule has 2 aromatic rings. The molecule has 33 heavy (non-hydrogen) atoms.